The summed E-state index contributed by atoms with van der Waals surface area (Å²) in [5.74, 6) is 0.0587. The Morgan fingerprint density at radius 1 is 0.917 bits per heavy atom. The largest absolute Gasteiger partial charge is 0.324 e. The highest BCUT2D eigenvalue weighted by molar-refractivity contribution is 5.93. The van der Waals surface area contributed by atoms with Gasteiger partial charge in [0.1, 0.15) is 0 Å². The lowest BCUT2D eigenvalue weighted by Crippen LogP contribution is -2.33. The van der Waals surface area contributed by atoms with Gasteiger partial charge in [-0.1, -0.05) is 69.3 Å². The van der Waals surface area contributed by atoms with Crippen LogP contribution in [-0.4, -0.2) is 23.9 Å². The Morgan fingerprint density at radius 2 is 1.54 bits per heavy atom. The van der Waals surface area contributed by atoms with Gasteiger partial charge in [0.05, 0.1) is 6.54 Å². The lowest BCUT2D eigenvalue weighted by molar-refractivity contribution is -0.117. The lowest BCUT2D eigenvalue weighted by Gasteiger charge is -2.21. The molecule has 0 bridgehead atoms. The second kappa shape index (κ2) is 9.24. The predicted octanol–water partition coefficient (Wildman–Crippen LogP) is 4.27. The van der Waals surface area contributed by atoms with Crippen LogP contribution in [0.5, 0.6) is 0 Å². The molecule has 3 nitrogen and oxygen atoms in total. The van der Waals surface area contributed by atoms with Crippen LogP contribution < -0.4 is 5.32 Å². The maximum Gasteiger partial charge on any atom is 0.238 e. The summed E-state index contributed by atoms with van der Waals surface area (Å²) in [5, 5.41) is 3.15. The molecular weight excluding hydrogens is 296 g/mol. The van der Waals surface area contributed by atoms with E-state index < -0.39 is 0 Å². The number of carbonyl (C=O) groups is 1. The Kier molecular flexibility index (Phi) is 7.01. The van der Waals surface area contributed by atoms with Crippen molar-refractivity contribution in [3.63, 3.8) is 0 Å². The molecule has 0 saturated carbocycles. The van der Waals surface area contributed by atoms with Crippen molar-refractivity contribution in [3.8, 4) is 0 Å². The van der Waals surface area contributed by atoms with Crippen LogP contribution >= 0.6 is 0 Å². The Morgan fingerprint density at radius 3 is 2.08 bits per heavy atom. The smallest absolute Gasteiger partial charge is 0.238 e. The van der Waals surface area contributed by atoms with Gasteiger partial charge in [0.2, 0.25) is 5.91 Å². The van der Waals surface area contributed by atoms with Crippen LogP contribution in [0.3, 0.4) is 0 Å². The zero-order valence-electron chi connectivity index (χ0n) is 15.0. The van der Waals surface area contributed by atoms with Gasteiger partial charge in [0, 0.05) is 12.2 Å². The molecule has 2 aromatic carbocycles. The summed E-state index contributed by atoms with van der Waals surface area (Å²) in [7, 11) is 0. The summed E-state index contributed by atoms with van der Waals surface area (Å²) in [6, 6.07) is 16.5. The summed E-state index contributed by atoms with van der Waals surface area (Å²) in [4.78, 5) is 14.7. The molecule has 0 atom stereocenters. The summed E-state index contributed by atoms with van der Waals surface area (Å²) in [6.45, 7) is 8.38. The minimum atomic E-state index is 0.0587. The van der Waals surface area contributed by atoms with E-state index in [2.05, 4.69) is 61.3 Å². The summed E-state index contributed by atoms with van der Waals surface area (Å²) in [5.41, 5.74) is 4.64. The number of nitrogens with one attached hydrogen (secondary N) is 1. The summed E-state index contributed by atoms with van der Waals surface area (Å²) in [6.07, 6.45) is 1.84. The molecule has 3 heteroatoms. The van der Waals surface area contributed by atoms with E-state index in [9.17, 15) is 4.79 Å². The van der Waals surface area contributed by atoms with Crippen LogP contribution in [0.2, 0.25) is 0 Å². The molecule has 0 fully saturated rings. The molecule has 2 rings (SSSR count). The number of para-hydroxylation sites is 1. The third-order valence-electron chi connectivity index (χ3n) is 4.33. The Balaban J connectivity index is 2.04. The van der Waals surface area contributed by atoms with Crippen molar-refractivity contribution in [3.05, 3.63) is 65.2 Å². The van der Waals surface area contributed by atoms with E-state index in [0.29, 0.717) is 6.54 Å². The third kappa shape index (κ3) is 4.93. The topological polar surface area (TPSA) is 32.3 Å². The molecule has 1 amide bonds. The molecule has 0 aromatic heterocycles. The fourth-order valence-corrected chi connectivity index (χ4v) is 2.91. The number of amides is 1. The van der Waals surface area contributed by atoms with Crippen LogP contribution in [0.1, 0.15) is 37.5 Å². The van der Waals surface area contributed by atoms with Crippen molar-refractivity contribution in [2.24, 2.45) is 0 Å². The number of benzene rings is 2. The molecule has 0 spiro atoms. The Hall–Kier alpha value is -2.13. The maximum atomic E-state index is 12.6. The van der Waals surface area contributed by atoms with Gasteiger partial charge in [0.25, 0.3) is 0 Å². The maximum absolute atomic E-state index is 12.6. The number of aryl methyl sites for hydroxylation is 2. The van der Waals surface area contributed by atoms with Crippen molar-refractivity contribution < 1.29 is 4.79 Å². The summed E-state index contributed by atoms with van der Waals surface area (Å²) >= 11 is 0. The molecule has 128 valence electrons. The first-order valence-electron chi connectivity index (χ1n) is 8.84. The molecule has 0 radical (unpaired) electrons. The van der Waals surface area contributed by atoms with Crippen molar-refractivity contribution in [1.29, 1.82) is 0 Å². The standard InChI is InChI=1S/C21H28N2O/c1-4-18-13-10-14-19(5-2)21(18)22-20(24)16-23(6-3)15-17-11-8-7-9-12-17/h7-14H,4-6,15-16H2,1-3H3,(H,22,24). The SMILES string of the molecule is CCc1cccc(CC)c1NC(=O)CN(CC)Cc1ccccc1. The second-order valence-corrected chi connectivity index (χ2v) is 6.00. The van der Waals surface area contributed by atoms with Crippen LogP contribution in [0, 0.1) is 0 Å². The van der Waals surface area contributed by atoms with Gasteiger partial charge in [-0.25, -0.2) is 0 Å². The fraction of sp³-hybridized carbons (Fsp3) is 0.381. The molecule has 0 unspecified atom stereocenters. The molecular formula is C21H28N2O. The number of hydrogen-bond acceptors (Lipinski definition) is 2. The van der Waals surface area contributed by atoms with E-state index in [-0.39, 0.29) is 5.91 Å². The zero-order valence-corrected chi connectivity index (χ0v) is 15.0. The van der Waals surface area contributed by atoms with Gasteiger partial charge >= 0.3 is 0 Å². The number of rotatable bonds is 8. The number of likely N-dealkylation sites (N-methyl/N-ethyl adjacent to an activating group) is 1. The predicted molar refractivity (Wildman–Crippen MR) is 101 cm³/mol. The highest BCUT2D eigenvalue weighted by atomic mass is 16.2. The lowest BCUT2D eigenvalue weighted by atomic mass is 10.0. The van der Waals surface area contributed by atoms with Crippen LogP contribution in [0.25, 0.3) is 0 Å². The molecule has 2 aromatic rings. The van der Waals surface area contributed by atoms with E-state index in [1.165, 1.54) is 16.7 Å². The normalized spacial score (nSPS) is 10.8. The van der Waals surface area contributed by atoms with Crippen LogP contribution in [0.15, 0.2) is 48.5 Å². The van der Waals surface area contributed by atoms with E-state index in [1.54, 1.807) is 0 Å². The van der Waals surface area contributed by atoms with Gasteiger partial charge in [0.15, 0.2) is 0 Å². The first-order chi connectivity index (χ1) is 11.7. The quantitative estimate of drug-likeness (QED) is 0.786. The van der Waals surface area contributed by atoms with Gasteiger partial charge in [-0.05, 0) is 36.1 Å². The van der Waals surface area contributed by atoms with E-state index in [4.69, 9.17) is 0 Å². The van der Waals surface area contributed by atoms with Gasteiger partial charge in [-0.3, -0.25) is 9.69 Å². The minimum Gasteiger partial charge on any atom is -0.324 e. The second-order valence-electron chi connectivity index (χ2n) is 6.00. The third-order valence-corrected chi connectivity index (χ3v) is 4.33. The van der Waals surface area contributed by atoms with Gasteiger partial charge in [-0.2, -0.15) is 0 Å². The Bertz CT molecular complexity index is 630. The molecule has 0 saturated heterocycles. The monoisotopic (exact) mass is 324 g/mol. The van der Waals surface area contributed by atoms with Gasteiger partial charge in [-0.15, -0.1) is 0 Å². The van der Waals surface area contributed by atoms with Crippen LogP contribution in [-0.2, 0) is 24.2 Å². The number of anilines is 1. The highest BCUT2D eigenvalue weighted by Gasteiger charge is 2.13. The van der Waals surface area contributed by atoms with Crippen LogP contribution in [0.4, 0.5) is 5.69 Å². The van der Waals surface area contributed by atoms with Crippen molar-refractivity contribution in [2.45, 2.75) is 40.2 Å². The molecule has 0 aliphatic carbocycles. The zero-order chi connectivity index (χ0) is 17.4. The molecule has 0 heterocycles. The Labute approximate surface area is 145 Å². The molecule has 24 heavy (non-hydrogen) atoms. The number of nitrogens with zero attached hydrogens (tertiary/aromatic N) is 1. The van der Waals surface area contributed by atoms with E-state index >= 15 is 0 Å². The number of hydrogen-bond donors (Lipinski definition) is 1. The highest BCUT2D eigenvalue weighted by Crippen LogP contribution is 2.22. The van der Waals surface area contributed by atoms with Crippen molar-refractivity contribution >= 4 is 11.6 Å². The van der Waals surface area contributed by atoms with Gasteiger partial charge < -0.3 is 5.32 Å². The summed E-state index contributed by atoms with van der Waals surface area (Å²) < 4.78 is 0. The minimum absolute atomic E-state index is 0.0587. The average molecular weight is 324 g/mol. The van der Waals surface area contributed by atoms with E-state index in [1.807, 2.05) is 18.2 Å². The average Bonchev–Trinajstić information content (AvgIpc) is 2.62. The first kappa shape index (κ1) is 18.2. The molecule has 0 aliphatic heterocycles. The first-order valence-corrected chi connectivity index (χ1v) is 8.84. The molecule has 0 aliphatic rings. The van der Waals surface area contributed by atoms with Crippen molar-refractivity contribution in [1.82, 2.24) is 4.90 Å². The van der Waals surface area contributed by atoms with Crippen molar-refractivity contribution in [2.75, 3.05) is 18.4 Å². The number of carbonyl (C=O) groups excluding carboxylic acids is 1. The van der Waals surface area contributed by atoms with E-state index in [0.717, 1.165) is 31.6 Å². The fourth-order valence-electron chi connectivity index (χ4n) is 2.91. The molecule has 1 N–H and O–H groups in total.